The molecule has 2 aromatic rings. The van der Waals surface area contributed by atoms with Crippen molar-refractivity contribution in [1.29, 1.82) is 0 Å². The average Bonchev–Trinajstić information content (AvgIpc) is 2.92. The second-order valence-electron chi connectivity index (χ2n) is 4.62. The van der Waals surface area contributed by atoms with Crippen molar-refractivity contribution in [1.82, 2.24) is 15.0 Å². The highest BCUT2D eigenvalue weighted by Crippen LogP contribution is 2.12. The number of aromatic nitrogens is 3. The van der Waals surface area contributed by atoms with E-state index in [1.54, 1.807) is 24.5 Å². The molecule has 0 aliphatic rings. The summed E-state index contributed by atoms with van der Waals surface area (Å²) in [7, 11) is 0. The summed E-state index contributed by atoms with van der Waals surface area (Å²) >= 11 is 0. The van der Waals surface area contributed by atoms with Crippen LogP contribution in [0.2, 0.25) is 0 Å². The Balaban J connectivity index is 0.00000200. The molecule has 0 saturated carbocycles. The van der Waals surface area contributed by atoms with Gasteiger partial charge in [-0.15, -0.1) is 12.4 Å². The number of carbonyl (C=O) groups excluding carboxylic acids is 1. The molecule has 1 aromatic heterocycles. The van der Waals surface area contributed by atoms with Gasteiger partial charge in [-0.05, 0) is 30.2 Å². The van der Waals surface area contributed by atoms with Gasteiger partial charge in [-0.2, -0.15) is 15.0 Å². The molecule has 108 valence electrons. The van der Waals surface area contributed by atoms with E-state index in [9.17, 15) is 4.79 Å². The molecule has 1 heterocycles. The van der Waals surface area contributed by atoms with Crippen LogP contribution < -0.4 is 11.1 Å². The van der Waals surface area contributed by atoms with E-state index in [1.807, 2.05) is 26.0 Å². The Morgan fingerprint density at radius 2 is 1.75 bits per heavy atom. The van der Waals surface area contributed by atoms with Gasteiger partial charge in [-0.1, -0.05) is 13.8 Å². The molecule has 0 saturated heterocycles. The molecule has 0 aliphatic carbocycles. The smallest absolute Gasteiger partial charge is 0.241 e. The van der Waals surface area contributed by atoms with Crippen LogP contribution in [0.3, 0.4) is 0 Å². The topological polar surface area (TPSA) is 85.8 Å². The largest absolute Gasteiger partial charge is 0.325 e. The third kappa shape index (κ3) is 3.79. The number of halogens is 1. The molecule has 1 atom stereocenters. The first-order valence-corrected chi connectivity index (χ1v) is 6.11. The number of nitrogens with zero attached hydrogens (tertiary/aromatic N) is 3. The fourth-order valence-electron chi connectivity index (χ4n) is 1.56. The Bertz CT molecular complexity index is 538. The number of carbonyl (C=O) groups is 1. The van der Waals surface area contributed by atoms with Gasteiger partial charge in [0.05, 0.1) is 24.1 Å². The van der Waals surface area contributed by atoms with Crippen molar-refractivity contribution < 1.29 is 4.79 Å². The van der Waals surface area contributed by atoms with E-state index in [0.717, 1.165) is 5.69 Å². The van der Waals surface area contributed by atoms with Gasteiger partial charge in [0.2, 0.25) is 5.91 Å². The Hall–Kier alpha value is -1.92. The molecule has 0 radical (unpaired) electrons. The lowest BCUT2D eigenvalue weighted by atomic mass is 10.0. The number of hydrogen-bond acceptors (Lipinski definition) is 4. The lowest BCUT2D eigenvalue weighted by Gasteiger charge is -2.15. The van der Waals surface area contributed by atoms with Crippen LogP contribution in [0.5, 0.6) is 0 Å². The van der Waals surface area contributed by atoms with Crippen LogP contribution in [0.4, 0.5) is 5.69 Å². The summed E-state index contributed by atoms with van der Waals surface area (Å²) in [5.74, 6) is -0.0764. The van der Waals surface area contributed by atoms with E-state index < -0.39 is 6.04 Å². The summed E-state index contributed by atoms with van der Waals surface area (Å²) in [6.45, 7) is 3.83. The van der Waals surface area contributed by atoms with E-state index in [1.165, 1.54) is 4.80 Å². The van der Waals surface area contributed by atoms with Gasteiger partial charge in [0.15, 0.2) is 0 Å². The van der Waals surface area contributed by atoms with Gasteiger partial charge in [0.25, 0.3) is 0 Å². The van der Waals surface area contributed by atoms with Gasteiger partial charge in [-0.25, -0.2) is 0 Å². The number of anilines is 1. The lowest BCUT2D eigenvalue weighted by molar-refractivity contribution is -0.118. The van der Waals surface area contributed by atoms with Gasteiger partial charge in [0.1, 0.15) is 0 Å². The van der Waals surface area contributed by atoms with Gasteiger partial charge in [0, 0.05) is 5.69 Å². The van der Waals surface area contributed by atoms with Crippen LogP contribution in [0, 0.1) is 5.92 Å². The molecule has 0 unspecified atom stereocenters. The highest BCUT2D eigenvalue weighted by molar-refractivity contribution is 5.94. The zero-order valence-electron chi connectivity index (χ0n) is 11.4. The number of nitrogens with one attached hydrogen (secondary N) is 1. The molecule has 0 spiro atoms. The Labute approximate surface area is 123 Å². The lowest BCUT2D eigenvalue weighted by Crippen LogP contribution is -2.39. The number of nitrogens with two attached hydrogens (primary N) is 1. The summed E-state index contributed by atoms with van der Waals surface area (Å²) in [4.78, 5) is 13.3. The predicted molar refractivity (Wildman–Crippen MR) is 80.1 cm³/mol. The van der Waals surface area contributed by atoms with E-state index in [4.69, 9.17) is 5.73 Å². The third-order valence-corrected chi connectivity index (χ3v) is 2.81. The molecule has 0 aliphatic heterocycles. The van der Waals surface area contributed by atoms with E-state index in [2.05, 4.69) is 15.5 Å². The molecule has 0 fully saturated rings. The zero-order valence-corrected chi connectivity index (χ0v) is 12.2. The number of hydrogen-bond donors (Lipinski definition) is 2. The van der Waals surface area contributed by atoms with Gasteiger partial charge < -0.3 is 11.1 Å². The summed E-state index contributed by atoms with van der Waals surface area (Å²) in [5, 5.41) is 10.8. The van der Waals surface area contributed by atoms with Gasteiger partial charge >= 0.3 is 0 Å². The van der Waals surface area contributed by atoms with Crippen LogP contribution in [-0.4, -0.2) is 26.9 Å². The van der Waals surface area contributed by atoms with Crippen LogP contribution in [0.25, 0.3) is 5.69 Å². The fraction of sp³-hybridized carbons (Fsp3) is 0.308. The van der Waals surface area contributed by atoms with E-state index >= 15 is 0 Å². The van der Waals surface area contributed by atoms with Crippen molar-refractivity contribution in [2.75, 3.05) is 5.32 Å². The minimum atomic E-state index is -0.507. The maximum atomic E-state index is 11.8. The molecule has 20 heavy (non-hydrogen) atoms. The first kappa shape index (κ1) is 16.1. The average molecular weight is 296 g/mol. The van der Waals surface area contributed by atoms with Crippen LogP contribution in [0.1, 0.15) is 13.8 Å². The SMILES string of the molecule is CC(C)[C@@H](N)C(=O)Nc1ccc(-n2nccn2)cc1.Cl. The van der Waals surface area contributed by atoms with Crippen LogP contribution in [-0.2, 0) is 4.79 Å². The van der Waals surface area contributed by atoms with Crippen molar-refractivity contribution in [3.8, 4) is 5.69 Å². The van der Waals surface area contributed by atoms with Crippen molar-refractivity contribution in [2.45, 2.75) is 19.9 Å². The molecule has 1 aromatic carbocycles. The molecular formula is C13H18ClN5O. The summed E-state index contributed by atoms with van der Waals surface area (Å²) < 4.78 is 0. The first-order valence-electron chi connectivity index (χ1n) is 6.11. The Kier molecular flexibility index (Phi) is 5.66. The molecule has 6 nitrogen and oxygen atoms in total. The Morgan fingerprint density at radius 1 is 1.20 bits per heavy atom. The number of benzene rings is 1. The van der Waals surface area contributed by atoms with E-state index in [0.29, 0.717) is 5.69 Å². The standard InChI is InChI=1S/C13H17N5O.ClH/c1-9(2)12(14)13(19)17-10-3-5-11(6-4-10)18-15-7-8-16-18;/h3-9,12H,14H2,1-2H3,(H,17,19);1H/t12-;/m1./s1. The van der Waals surface area contributed by atoms with Crippen molar-refractivity contribution in [3.05, 3.63) is 36.7 Å². The van der Waals surface area contributed by atoms with E-state index in [-0.39, 0.29) is 24.2 Å². The zero-order chi connectivity index (χ0) is 13.8. The predicted octanol–water partition coefficient (Wildman–Crippen LogP) is 1.61. The number of rotatable bonds is 4. The fourth-order valence-corrected chi connectivity index (χ4v) is 1.56. The molecule has 2 rings (SSSR count). The second-order valence-corrected chi connectivity index (χ2v) is 4.62. The summed E-state index contributed by atoms with van der Waals surface area (Å²) in [6, 6.07) is 6.74. The first-order chi connectivity index (χ1) is 9.08. The summed E-state index contributed by atoms with van der Waals surface area (Å²) in [5.41, 5.74) is 7.31. The highest BCUT2D eigenvalue weighted by atomic mass is 35.5. The maximum absolute atomic E-state index is 11.8. The maximum Gasteiger partial charge on any atom is 0.241 e. The van der Waals surface area contributed by atoms with Crippen LogP contribution in [0.15, 0.2) is 36.7 Å². The molecular weight excluding hydrogens is 278 g/mol. The summed E-state index contributed by atoms with van der Waals surface area (Å²) in [6.07, 6.45) is 3.22. The molecule has 0 bridgehead atoms. The minimum absolute atomic E-state index is 0. The quantitative estimate of drug-likeness (QED) is 0.897. The molecule has 1 amide bonds. The van der Waals surface area contributed by atoms with Gasteiger partial charge in [-0.3, -0.25) is 4.79 Å². The third-order valence-electron chi connectivity index (χ3n) is 2.81. The van der Waals surface area contributed by atoms with Crippen molar-refractivity contribution >= 4 is 24.0 Å². The monoisotopic (exact) mass is 295 g/mol. The highest BCUT2D eigenvalue weighted by Gasteiger charge is 2.16. The van der Waals surface area contributed by atoms with Crippen LogP contribution >= 0.6 is 12.4 Å². The van der Waals surface area contributed by atoms with Crippen molar-refractivity contribution in [2.24, 2.45) is 11.7 Å². The number of amides is 1. The molecule has 7 heteroatoms. The second kappa shape index (κ2) is 7.02. The Morgan fingerprint density at radius 3 is 2.25 bits per heavy atom. The molecule has 3 N–H and O–H groups in total. The normalized spacial score (nSPS) is 11.8. The minimum Gasteiger partial charge on any atom is -0.325 e. The van der Waals surface area contributed by atoms with Crippen molar-refractivity contribution in [3.63, 3.8) is 0 Å².